The first kappa shape index (κ1) is 28.1. The Balaban J connectivity index is 1.39. The van der Waals surface area contributed by atoms with Crippen molar-refractivity contribution in [1.29, 1.82) is 0 Å². The third-order valence-corrected chi connectivity index (χ3v) is 7.57. The molecule has 0 spiro atoms. The van der Waals surface area contributed by atoms with E-state index in [2.05, 4.69) is 49.4 Å². The minimum absolute atomic E-state index is 0.639. The zero-order chi connectivity index (χ0) is 27.6. The van der Waals surface area contributed by atoms with E-state index in [1.807, 2.05) is 60.7 Å². The van der Waals surface area contributed by atoms with Gasteiger partial charge in [-0.2, -0.15) is 5.11 Å². The molecule has 10 heteroatoms. The first-order valence-electron chi connectivity index (χ1n) is 14.4. The van der Waals surface area contributed by atoms with E-state index in [0.717, 1.165) is 89.8 Å². The van der Waals surface area contributed by atoms with E-state index in [1.165, 1.54) is 0 Å². The maximum Gasteiger partial charge on any atom is 0.170 e. The number of nitrogens with zero attached hydrogens (tertiary/aromatic N) is 8. The van der Waals surface area contributed by atoms with Gasteiger partial charge < -0.3 is 20.4 Å². The molecule has 40 heavy (non-hydrogen) atoms. The van der Waals surface area contributed by atoms with Crippen molar-refractivity contribution in [2.24, 2.45) is 10.2 Å². The van der Waals surface area contributed by atoms with E-state index in [9.17, 15) is 0 Å². The largest absolute Gasteiger partial charge is 0.367 e. The molecule has 0 unspecified atom stereocenters. The molecule has 3 heterocycles. The number of likely N-dealkylation sites (N-methyl/N-ethyl adjacent to an activating group) is 2. The quantitative estimate of drug-likeness (QED) is 0.353. The SMILES string of the molecule is CN1CCN(CCNc2nc(-c3ccccc3)nc(NCCN3CCN(C)CC3)c2N=Nc2ccccc2)CC1. The maximum absolute atomic E-state index is 4.96. The summed E-state index contributed by atoms with van der Waals surface area (Å²) in [4.78, 5) is 19.7. The van der Waals surface area contributed by atoms with Crippen molar-refractivity contribution in [3.8, 4) is 11.4 Å². The van der Waals surface area contributed by atoms with Gasteiger partial charge >= 0.3 is 0 Å². The molecule has 0 bridgehead atoms. The molecular formula is C30H42N10. The second kappa shape index (κ2) is 14.3. The van der Waals surface area contributed by atoms with Crippen LogP contribution in [0.25, 0.3) is 11.4 Å². The van der Waals surface area contributed by atoms with Gasteiger partial charge in [-0.3, -0.25) is 9.80 Å². The summed E-state index contributed by atoms with van der Waals surface area (Å²) in [6.45, 7) is 12.1. The Morgan fingerprint density at radius 3 is 1.60 bits per heavy atom. The molecule has 0 aliphatic carbocycles. The van der Waals surface area contributed by atoms with Crippen molar-refractivity contribution in [1.82, 2.24) is 29.6 Å². The molecule has 3 aromatic rings. The highest BCUT2D eigenvalue weighted by atomic mass is 15.3. The van der Waals surface area contributed by atoms with E-state index in [-0.39, 0.29) is 0 Å². The number of hydrogen-bond donors (Lipinski definition) is 2. The standard InChI is InChI=1S/C30H42N10/c1-37-17-21-39(22-18-37)15-13-31-29-27(36-35-26-11-7-4-8-12-26)30(32-14-16-40-23-19-38(2)20-24-40)34-28(33-29)25-9-5-3-6-10-25/h3-12H,13-24H2,1-2H3,(H2,31,32,33,34). The molecule has 2 aliphatic heterocycles. The van der Waals surface area contributed by atoms with E-state index < -0.39 is 0 Å². The molecule has 1 aromatic heterocycles. The topological polar surface area (TPSA) is 87.5 Å². The van der Waals surface area contributed by atoms with Crippen LogP contribution in [0.4, 0.5) is 23.0 Å². The Bertz CT molecular complexity index is 1150. The fourth-order valence-electron chi connectivity index (χ4n) is 4.92. The molecule has 2 aromatic carbocycles. The second-order valence-corrected chi connectivity index (χ2v) is 10.6. The van der Waals surface area contributed by atoms with Gasteiger partial charge in [0.05, 0.1) is 5.69 Å². The minimum atomic E-state index is 0.639. The Morgan fingerprint density at radius 1 is 0.625 bits per heavy atom. The summed E-state index contributed by atoms with van der Waals surface area (Å²) in [5, 5.41) is 16.4. The third-order valence-electron chi connectivity index (χ3n) is 7.57. The molecule has 0 amide bonds. The molecule has 0 radical (unpaired) electrons. The maximum atomic E-state index is 4.96. The molecule has 2 saturated heterocycles. The smallest absolute Gasteiger partial charge is 0.170 e. The van der Waals surface area contributed by atoms with E-state index in [4.69, 9.17) is 15.1 Å². The van der Waals surface area contributed by atoms with Crippen molar-refractivity contribution < 1.29 is 0 Å². The summed E-state index contributed by atoms with van der Waals surface area (Å²) in [7, 11) is 4.37. The lowest BCUT2D eigenvalue weighted by molar-refractivity contribution is 0.158. The van der Waals surface area contributed by atoms with E-state index in [0.29, 0.717) is 23.1 Å². The number of anilines is 2. The summed E-state index contributed by atoms with van der Waals surface area (Å²) >= 11 is 0. The Labute approximate surface area is 238 Å². The van der Waals surface area contributed by atoms with Crippen molar-refractivity contribution in [2.75, 3.05) is 103 Å². The molecule has 2 N–H and O–H groups in total. The Morgan fingerprint density at radius 2 is 1.10 bits per heavy atom. The lowest BCUT2D eigenvalue weighted by Crippen LogP contribution is -2.45. The molecule has 2 fully saturated rings. The molecular weight excluding hydrogens is 500 g/mol. The predicted octanol–water partition coefficient (Wildman–Crippen LogP) is 3.88. The van der Waals surface area contributed by atoms with Crippen molar-refractivity contribution >= 4 is 23.0 Å². The number of benzene rings is 2. The monoisotopic (exact) mass is 542 g/mol. The Kier molecular flexibility index (Phi) is 10.0. The number of nitrogens with one attached hydrogen (secondary N) is 2. The number of rotatable bonds is 11. The van der Waals surface area contributed by atoms with Crippen LogP contribution >= 0.6 is 0 Å². The number of hydrogen-bond acceptors (Lipinski definition) is 10. The first-order chi connectivity index (χ1) is 19.6. The van der Waals surface area contributed by atoms with Gasteiger partial charge in [0, 0.05) is 84.1 Å². The molecule has 0 atom stereocenters. The normalized spacial score (nSPS) is 17.9. The fraction of sp³-hybridized carbons (Fsp3) is 0.467. The van der Waals surface area contributed by atoms with Crippen LogP contribution in [0.3, 0.4) is 0 Å². The highest BCUT2D eigenvalue weighted by molar-refractivity contribution is 5.77. The van der Waals surface area contributed by atoms with Crippen molar-refractivity contribution in [2.45, 2.75) is 0 Å². The number of azo groups is 1. The highest BCUT2D eigenvalue weighted by Gasteiger charge is 2.19. The van der Waals surface area contributed by atoms with Crippen LogP contribution in [0, 0.1) is 0 Å². The summed E-state index contributed by atoms with van der Waals surface area (Å²) in [6, 6.07) is 19.9. The van der Waals surface area contributed by atoms with Crippen LogP contribution in [0.5, 0.6) is 0 Å². The van der Waals surface area contributed by atoms with E-state index in [1.54, 1.807) is 0 Å². The highest BCUT2D eigenvalue weighted by Crippen LogP contribution is 2.34. The molecule has 0 saturated carbocycles. The number of aromatic nitrogens is 2. The van der Waals surface area contributed by atoms with Gasteiger partial charge in [0.25, 0.3) is 0 Å². The zero-order valence-corrected chi connectivity index (χ0v) is 23.8. The van der Waals surface area contributed by atoms with Crippen LogP contribution in [-0.2, 0) is 0 Å². The summed E-state index contributed by atoms with van der Waals surface area (Å²) < 4.78 is 0. The Hall–Kier alpha value is -3.44. The summed E-state index contributed by atoms with van der Waals surface area (Å²) in [5.41, 5.74) is 2.40. The van der Waals surface area contributed by atoms with Gasteiger partial charge in [0.15, 0.2) is 23.1 Å². The van der Waals surface area contributed by atoms with Gasteiger partial charge in [-0.25, -0.2) is 9.97 Å². The average Bonchev–Trinajstić information content (AvgIpc) is 2.99. The minimum Gasteiger partial charge on any atom is -0.367 e. The van der Waals surface area contributed by atoms with Gasteiger partial charge in [0.2, 0.25) is 0 Å². The van der Waals surface area contributed by atoms with Crippen LogP contribution < -0.4 is 10.6 Å². The van der Waals surface area contributed by atoms with Gasteiger partial charge in [-0.05, 0) is 26.2 Å². The van der Waals surface area contributed by atoms with Gasteiger partial charge in [-0.1, -0.05) is 48.5 Å². The van der Waals surface area contributed by atoms with Crippen molar-refractivity contribution in [3.05, 3.63) is 60.7 Å². The molecule has 2 aliphatic rings. The zero-order valence-electron chi connectivity index (χ0n) is 23.8. The van der Waals surface area contributed by atoms with Crippen LogP contribution in [0.15, 0.2) is 70.9 Å². The van der Waals surface area contributed by atoms with Crippen LogP contribution in [-0.4, -0.2) is 122 Å². The average molecular weight is 543 g/mol. The molecule has 212 valence electrons. The van der Waals surface area contributed by atoms with Crippen LogP contribution in [0.2, 0.25) is 0 Å². The number of piperazine rings is 2. The molecule has 10 nitrogen and oxygen atoms in total. The predicted molar refractivity (Wildman–Crippen MR) is 163 cm³/mol. The lowest BCUT2D eigenvalue weighted by atomic mass is 10.2. The van der Waals surface area contributed by atoms with E-state index >= 15 is 0 Å². The third kappa shape index (κ3) is 8.04. The fourth-order valence-corrected chi connectivity index (χ4v) is 4.92. The summed E-state index contributed by atoms with van der Waals surface area (Å²) in [6.07, 6.45) is 0. The van der Waals surface area contributed by atoms with Gasteiger partial charge in [-0.15, -0.1) is 5.11 Å². The molecule has 5 rings (SSSR count). The van der Waals surface area contributed by atoms with Crippen LogP contribution in [0.1, 0.15) is 0 Å². The first-order valence-corrected chi connectivity index (χ1v) is 14.4. The van der Waals surface area contributed by atoms with Gasteiger partial charge in [0.1, 0.15) is 0 Å². The summed E-state index contributed by atoms with van der Waals surface area (Å²) in [5.74, 6) is 2.07. The second-order valence-electron chi connectivity index (χ2n) is 10.6. The van der Waals surface area contributed by atoms with Crippen molar-refractivity contribution in [3.63, 3.8) is 0 Å². The lowest BCUT2D eigenvalue weighted by Gasteiger charge is -2.32.